The lowest BCUT2D eigenvalue weighted by Crippen LogP contribution is -2.43. The second kappa shape index (κ2) is 6.39. The molecule has 0 aromatic carbocycles. The van der Waals surface area contributed by atoms with E-state index >= 15 is 0 Å². The lowest BCUT2D eigenvalue weighted by molar-refractivity contribution is 0.0524. The highest BCUT2D eigenvalue weighted by Crippen LogP contribution is 1.89. The first-order valence-electron chi connectivity index (χ1n) is 5.50. The van der Waals surface area contributed by atoms with Crippen molar-refractivity contribution in [3.05, 3.63) is 57.9 Å². The van der Waals surface area contributed by atoms with Crippen LogP contribution < -0.4 is 16.0 Å². The van der Waals surface area contributed by atoms with Gasteiger partial charge in [0, 0.05) is 16.8 Å². The number of pyridine rings is 1. The number of esters is 1. The van der Waals surface area contributed by atoms with Crippen molar-refractivity contribution in [1.82, 2.24) is 4.98 Å². The van der Waals surface area contributed by atoms with Crippen LogP contribution in [0.3, 0.4) is 0 Å². The molecule has 4 heteroatoms. The number of aromatic nitrogens is 1. The number of hydrogen-bond acceptors (Lipinski definition) is 3. The van der Waals surface area contributed by atoms with Gasteiger partial charge >= 0.3 is 5.97 Å². The Morgan fingerprint density at radius 2 is 2.06 bits per heavy atom. The van der Waals surface area contributed by atoms with Crippen LogP contribution in [0, 0.1) is 0 Å². The largest absolute Gasteiger partial charge is 0.462 e. The van der Waals surface area contributed by atoms with E-state index in [1.807, 2.05) is 0 Å². The molecule has 0 radical (unpaired) electrons. The van der Waals surface area contributed by atoms with E-state index in [1.165, 1.54) is 18.3 Å². The quantitative estimate of drug-likeness (QED) is 0.785. The van der Waals surface area contributed by atoms with Crippen LogP contribution >= 0.6 is 0 Å². The Hall–Kier alpha value is -2.36. The Labute approximate surface area is 105 Å². The van der Waals surface area contributed by atoms with Crippen LogP contribution in [0.4, 0.5) is 0 Å². The summed E-state index contributed by atoms with van der Waals surface area (Å²) in [5.41, 5.74) is -0.411. The number of allylic oxidation sites excluding steroid dienone is 2. The van der Waals surface area contributed by atoms with Crippen LogP contribution in [-0.2, 0) is 4.74 Å². The lowest BCUT2D eigenvalue weighted by Gasteiger charge is -2.00. The van der Waals surface area contributed by atoms with E-state index in [2.05, 4.69) is 18.1 Å². The van der Waals surface area contributed by atoms with Gasteiger partial charge in [-0.15, -0.1) is 0 Å². The van der Waals surface area contributed by atoms with Crippen LogP contribution in [0.5, 0.6) is 0 Å². The van der Waals surface area contributed by atoms with Gasteiger partial charge in [0.05, 0.1) is 6.61 Å². The van der Waals surface area contributed by atoms with Gasteiger partial charge in [0.15, 0.2) is 0 Å². The first kappa shape index (κ1) is 13.7. The molecule has 1 aromatic heterocycles. The van der Waals surface area contributed by atoms with Gasteiger partial charge in [-0.05, 0) is 19.1 Å². The minimum atomic E-state index is -0.636. The standard InChI is InChI=1S/C14H15NO3/c1-4-7-10-12(8-5-2)15-9-11(13(10)16)14(17)18-6-3/h4-5,7-9,15H,1-2,6H2,3H3/b10-7+,12-8+. The Morgan fingerprint density at radius 3 is 2.61 bits per heavy atom. The van der Waals surface area contributed by atoms with Crippen molar-refractivity contribution in [3.8, 4) is 0 Å². The van der Waals surface area contributed by atoms with E-state index in [-0.39, 0.29) is 17.6 Å². The topological polar surface area (TPSA) is 59.2 Å². The second-order valence-electron chi connectivity index (χ2n) is 3.38. The lowest BCUT2D eigenvalue weighted by atomic mass is 10.2. The van der Waals surface area contributed by atoms with Crippen LogP contribution in [0.1, 0.15) is 17.3 Å². The SMILES string of the molecule is C=C/C=c1/[nH]cc(C(=O)OCC)c(=O)/c1=C/C=C. The molecular formula is C14H15NO3. The number of H-pyrrole nitrogens is 1. The molecule has 0 amide bonds. The summed E-state index contributed by atoms with van der Waals surface area (Å²) in [6.07, 6.45) is 7.56. The fraction of sp³-hybridized carbons (Fsp3) is 0.143. The van der Waals surface area contributed by atoms with Crippen LogP contribution in [0.25, 0.3) is 12.2 Å². The van der Waals surface area contributed by atoms with E-state index in [1.54, 1.807) is 19.1 Å². The molecular weight excluding hydrogens is 230 g/mol. The number of carbonyl (C=O) groups is 1. The number of nitrogens with one attached hydrogen (secondary N) is 1. The number of ether oxygens (including phenoxy) is 1. The summed E-state index contributed by atoms with van der Waals surface area (Å²) < 4.78 is 4.81. The first-order valence-corrected chi connectivity index (χ1v) is 5.50. The molecule has 0 saturated carbocycles. The van der Waals surface area contributed by atoms with Crippen molar-refractivity contribution >= 4 is 18.1 Å². The summed E-state index contributed by atoms with van der Waals surface area (Å²) in [5.74, 6) is -0.636. The predicted octanol–water partition coefficient (Wildman–Crippen LogP) is 0.485. The molecule has 1 N–H and O–H groups in total. The van der Waals surface area contributed by atoms with Crippen molar-refractivity contribution < 1.29 is 9.53 Å². The highest BCUT2D eigenvalue weighted by molar-refractivity contribution is 5.88. The van der Waals surface area contributed by atoms with Gasteiger partial charge in [-0.2, -0.15) is 0 Å². The molecule has 1 heterocycles. The van der Waals surface area contributed by atoms with Gasteiger partial charge in [0.2, 0.25) is 5.43 Å². The highest BCUT2D eigenvalue weighted by Gasteiger charge is 2.11. The molecule has 1 aromatic rings. The van der Waals surface area contributed by atoms with E-state index in [4.69, 9.17) is 4.74 Å². The van der Waals surface area contributed by atoms with Gasteiger partial charge in [-0.3, -0.25) is 4.79 Å². The summed E-state index contributed by atoms with van der Waals surface area (Å²) in [7, 11) is 0. The van der Waals surface area contributed by atoms with E-state index in [0.29, 0.717) is 10.6 Å². The summed E-state index contributed by atoms with van der Waals surface area (Å²) in [6.45, 7) is 9.01. The average molecular weight is 245 g/mol. The Balaban J connectivity index is 3.60. The minimum Gasteiger partial charge on any atom is -0.462 e. The van der Waals surface area contributed by atoms with Crippen molar-refractivity contribution in [1.29, 1.82) is 0 Å². The molecule has 4 nitrogen and oxygen atoms in total. The van der Waals surface area contributed by atoms with E-state index < -0.39 is 5.97 Å². The predicted molar refractivity (Wildman–Crippen MR) is 71.6 cm³/mol. The molecule has 0 aliphatic carbocycles. The summed E-state index contributed by atoms with van der Waals surface area (Å²) >= 11 is 0. The number of aromatic amines is 1. The van der Waals surface area contributed by atoms with E-state index in [9.17, 15) is 9.59 Å². The fourth-order valence-electron chi connectivity index (χ4n) is 1.46. The van der Waals surface area contributed by atoms with Crippen molar-refractivity contribution in [3.63, 3.8) is 0 Å². The fourth-order valence-corrected chi connectivity index (χ4v) is 1.46. The first-order chi connectivity index (χ1) is 8.65. The third kappa shape index (κ3) is 2.85. The summed E-state index contributed by atoms with van der Waals surface area (Å²) in [5, 5.41) is 0.929. The second-order valence-corrected chi connectivity index (χ2v) is 3.38. The van der Waals surface area contributed by atoms with Gasteiger partial charge in [0.25, 0.3) is 0 Å². The average Bonchev–Trinajstić information content (AvgIpc) is 2.34. The van der Waals surface area contributed by atoms with Crippen molar-refractivity contribution in [2.45, 2.75) is 6.92 Å². The van der Waals surface area contributed by atoms with E-state index in [0.717, 1.165) is 0 Å². The summed E-state index contributed by atoms with van der Waals surface area (Å²) in [4.78, 5) is 26.6. The third-order valence-corrected chi connectivity index (χ3v) is 2.22. The smallest absolute Gasteiger partial charge is 0.343 e. The maximum atomic E-state index is 12.1. The zero-order valence-corrected chi connectivity index (χ0v) is 10.2. The van der Waals surface area contributed by atoms with Gasteiger partial charge in [-0.25, -0.2) is 4.79 Å². The van der Waals surface area contributed by atoms with Crippen LogP contribution in [0.2, 0.25) is 0 Å². The molecule has 0 fully saturated rings. The maximum absolute atomic E-state index is 12.1. The molecule has 0 aliphatic heterocycles. The Kier molecular flexibility index (Phi) is 4.87. The van der Waals surface area contributed by atoms with Crippen LogP contribution in [-0.4, -0.2) is 17.6 Å². The molecule has 18 heavy (non-hydrogen) atoms. The van der Waals surface area contributed by atoms with Crippen LogP contribution in [0.15, 0.2) is 36.3 Å². The monoisotopic (exact) mass is 245 g/mol. The van der Waals surface area contributed by atoms with Crippen molar-refractivity contribution in [2.24, 2.45) is 0 Å². The number of rotatable bonds is 4. The Morgan fingerprint density at radius 1 is 1.39 bits per heavy atom. The molecule has 0 bridgehead atoms. The van der Waals surface area contributed by atoms with Crippen molar-refractivity contribution in [2.75, 3.05) is 6.61 Å². The maximum Gasteiger partial charge on any atom is 0.343 e. The molecule has 1 rings (SSSR count). The Bertz CT molecular complexity index is 638. The summed E-state index contributed by atoms with van der Waals surface area (Å²) in [6, 6.07) is 0. The number of hydrogen-bond donors (Lipinski definition) is 1. The third-order valence-electron chi connectivity index (χ3n) is 2.22. The molecule has 94 valence electrons. The number of carbonyl (C=O) groups excluding carboxylic acids is 1. The molecule has 0 atom stereocenters. The minimum absolute atomic E-state index is 0.0221. The van der Waals surface area contributed by atoms with Gasteiger partial charge in [-0.1, -0.05) is 25.3 Å². The van der Waals surface area contributed by atoms with Gasteiger partial charge < -0.3 is 9.72 Å². The molecule has 0 saturated heterocycles. The zero-order chi connectivity index (χ0) is 13.5. The molecule has 0 spiro atoms. The van der Waals surface area contributed by atoms with Gasteiger partial charge in [0.1, 0.15) is 5.56 Å². The zero-order valence-electron chi connectivity index (χ0n) is 10.2. The molecule has 0 aliphatic rings. The highest BCUT2D eigenvalue weighted by atomic mass is 16.5. The normalized spacial score (nSPS) is 12.3. The molecule has 0 unspecified atom stereocenters.